The number of aryl methyl sites for hydroxylation is 2. The smallest absolute Gasteiger partial charge is 0.197 e. The Bertz CT molecular complexity index is 703. The molecule has 1 aliphatic rings. The quantitative estimate of drug-likeness (QED) is 0.619. The number of hydrogen-bond donors (Lipinski definition) is 0. The van der Waals surface area contributed by atoms with E-state index in [1.165, 1.54) is 0 Å². The van der Waals surface area contributed by atoms with Crippen LogP contribution in [-0.4, -0.2) is 25.1 Å². The minimum Gasteiger partial charge on any atom is -0.490 e. The second kappa shape index (κ2) is 6.11. The first kappa shape index (κ1) is 15.1. The Balaban J connectivity index is 1.96. The van der Waals surface area contributed by atoms with Crippen molar-refractivity contribution in [3.8, 4) is 5.75 Å². The minimum atomic E-state index is -0.0547. The first-order valence-corrected chi connectivity index (χ1v) is 7.58. The van der Waals surface area contributed by atoms with E-state index in [0.29, 0.717) is 28.5 Å². The molecule has 1 unspecified atom stereocenters. The van der Waals surface area contributed by atoms with Crippen molar-refractivity contribution in [3.05, 3.63) is 63.7 Å². The van der Waals surface area contributed by atoms with Gasteiger partial charge in [0.2, 0.25) is 0 Å². The molecule has 1 fully saturated rings. The molecule has 0 spiro atoms. The average Bonchev–Trinajstić information content (AvgIpc) is 3.29. The van der Waals surface area contributed by atoms with E-state index in [-0.39, 0.29) is 11.9 Å². The van der Waals surface area contributed by atoms with E-state index in [2.05, 4.69) is 0 Å². The topological polar surface area (TPSA) is 38.8 Å². The highest BCUT2D eigenvalue weighted by molar-refractivity contribution is 6.30. The summed E-state index contributed by atoms with van der Waals surface area (Å²) in [6, 6.07) is 10.8. The van der Waals surface area contributed by atoms with Gasteiger partial charge < -0.3 is 9.47 Å². The Kier molecular flexibility index (Phi) is 4.19. The molecule has 3 nitrogen and oxygen atoms in total. The summed E-state index contributed by atoms with van der Waals surface area (Å²) in [6.07, 6.45) is 0.152. The lowest BCUT2D eigenvalue weighted by Gasteiger charge is -2.14. The van der Waals surface area contributed by atoms with E-state index in [0.717, 1.165) is 17.7 Å². The number of carbonyl (C=O) groups excluding carboxylic acids is 1. The molecule has 4 heteroatoms. The van der Waals surface area contributed by atoms with Gasteiger partial charge in [-0.3, -0.25) is 4.79 Å². The van der Waals surface area contributed by atoms with E-state index in [1.54, 1.807) is 24.3 Å². The van der Waals surface area contributed by atoms with Crippen LogP contribution in [0, 0.1) is 13.8 Å². The zero-order chi connectivity index (χ0) is 15.7. The van der Waals surface area contributed by atoms with Gasteiger partial charge in [0.05, 0.1) is 12.2 Å². The van der Waals surface area contributed by atoms with E-state index in [1.807, 2.05) is 26.0 Å². The van der Waals surface area contributed by atoms with Crippen LogP contribution in [0.3, 0.4) is 0 Å². The summed E-state index contributed by atoms with van der Waals surface area (Å²) in [7, 11) is 0. The van der Waals surface area contributed by atoms with Crippen LogP contribution in [-0.2, 0) is 4.74 Å². The number of carbonyl (C=O) groups is 1. The van der Waals surface area contributed by atoms with Gasteiger partial charge >= 0.3 is 0 Å². The second-order valence-corrected chi connectivity index (χ2v) is 5.99. The molecule has 2 aromatic rings. The third-order valence-electron chi connectivity index (χ3n) is 3.60. The fourth-order valence-corrected chi connectivity index (χ4v) is 2.55. The van der Waals surface area contributed by atoms with Gasteiger partial charge in [0, 0.05) is 10.6 Å². The highest BCUT2D eigenvalue weighted by Gasteiger charge is 2.25. The van der Waals surface area contributed by atoms with E-state index in [9.17, 15) is 4.79 Å². The van der Waals surface area contributed by atoms with Crippen molar-refractivity contribution < 1.29 is 14.3 Å². The van der Waals surface area contributed by atoms with Crippen molar-refractivity contribution in [2.45, 2.75) is 20.0 Å². The zero-order valence-corrected chi connectivity index (χ0v) is 13.3. The standard InChI is InChI=1S/C18H17ClO3/c1-11-7-12(2)17(16(8-11)22-10-15-9-21-15)18(20)13-3-5-14(19)6-4-13/h3-8,15H,9-10H2,1-2H3. The van der Waals surface area contributed by atoms with Gasteiger partial charge in [-0.25, -0.2) is 0 Å². The second-order valence-electron chi connectivity index (χ2n) is 5.56. The van der Waals surface area contributed by atoms with Crippen LogP contribution in [0.2, 0.25) is 5.02 Å². The van der Waals surface area contributed by atoms with Gasteiger partial charge in [0.15, 0.2) is 5.78 Å². The predicted octanol–water partition coefficient (Wildman–Crippen LogP) is 3.97. The minimum absolute atomic E-state index is 0.0547. The number of ether oxygens (including phenoxy) is 2. The monoisotopic (exact) mass is 316 g/mol. The summed E-state index contributed by atoms with van der Waals surface area (Å²) in [5, 5.41) is 0.611. The maximum atomic E-state index is 12.8. The molecule has 114 valence electrons. The largest absolute Gasteiger partial charge is 0.490 e. The van der Waals surface area contributed by atoms with Crippen molar-refractivity contribution in [2.75, 3.05) is 13.2 Å². The summed E-state index contributed by atoms with van der Waals surface area (Å²) in [5.74, 6) is 0.564. The van der Waals surface area contributed by atoms with Crippen LogP contribution < -0.4 is 4.74 Å². The molecular formula is C18H17ClO3. The van der Waals surface area contributed by atoms with Crippen LogP contribution in [0.1, 0.15) is 27.0 Å². The highest BCUT2D eigenvalue weighted by atomic mass is 35.5. The number of benzene rings is 2. The van der Waals surface area contributed by atoms with Crippen molar-refractivity contribution in [3.63, 3.8) is 0 Å². The van der Waals surface area contributed by atoms with E-state index >= 15 is 0 Å². The van der Waals surface area contributed by atoms with Crippen molar-refractivity contribution in [1.82, 2.24) is 0 Å². The number of ketones is 1. The molecule has 0 saturated carbocycles. The summed E-state index contributed by atoms with van der Waals surface area (Å²) in [5.41, 5.74) is 3.18. The molecule has 0 amide bonds. The van der Waals surface area contributed by atoms with Crippen LogP contribution in [0.4, 0.5) is 0 Å². The molecule has 1 aliphatic heterocycles. The van der Waals surface area contributed by atoms with Gasteiger partial charge in [-0.15, -0.1) is 0 Å². The van der Waals surface area contributed by atoms with Crippen LogP contribution in [0.5, 0.6) is 5.75 Å². The molecule has 0 aliphatic carbocycles. The van der Waals surface area contributed by atoms with Crippen LogP contribution in [0.15, 0.2) is 36.4 Å². The number of hydrogen-bond acceptors (Lipinski definition) is 3. The third-order valence-corrected chi connectivity index (χ3v) is 3.86. The van der Waals surface area contributed by atoms with Crippen molar-refractivity contribution in [2.24, 2.45) is 0 Å². The fraction of sp³-hybridized carbons (Fsp3) is 0.278. The van der Waals surface area contributed by atoms with Gasteiger partial charge in [-0.2, -0.15) is 0 Å². The zero-order valence-electron chi connectivity index (χ0n) is 12.6. The summed E-state index contributed by atoms with van der Waals surface area (Å²) < 4.78 is 11.0. The summed E-state index contributed by atoms with van der Waals surface area (Å²) >= 11 is 5.89. The van der Waals surface area contributed by atoms with Crippen molar-refractivity contribution in [1.29, 1.82) is 0 Å². The normalized spacial score (nSPS) is 16.4. The molecule has 0 aromatic heterocycles. The van der Waals surface area contributed by atoms with Gasteiger partial charge in [0.25, 0.3) is 0 Å². The number of rotatable bonds is 5. The Labute approximate surface area is 134 Å². The van der Waals surface area contributed by atoms with Crippen molar-refractivity contribution >= 4 is 17.4 Å². The molecule has 0 N–H and O–H groups in total. The molecule has 1 saturated heterocycles. The first-order chi connectivity index (χ1) is 10.5. The lowest BCUT2D eigenvalue weighted by Crippen LogP contribution is -2.11. The Morgan fingerprint density at radius 3 is 2.59 bits per heavy atom. The molecule has 1 atom stereocenters. The number of epoxide rings is 1. The lowest BCUT2D eigenvalue weighted by molar-refractivity contribution is 0.103. The summed E-state index contributed by atoms with van der Waals surface area (Å²) in [6.45, 7) is 5.12. The van der Waals surface area contributed by atoms with Gasteiger partial charge in [-0.05, 0) is 55.3 Å². The first-order valence-electron chi connectivity index (χ1n) is 7.20. The van der Waals surface area contributed by atoms with Gasteiger partial charge in [0.1, 0.15) is 18.5 Å². The Morgan fingerprint density at radius 1 is 1.27 bits per heavy atom. The average molecular weight is 317 g/mol. The molecule has 1 heterocycles. The maximum absolute atomic E-state index is 12.8. The molecule has 2 aromatic carbocycles. The SMILES string of the molecule is Cc1cc(C)c(C(=O)c2ccc(Cl)cc2)c(OCC2CO2)c1. The summed E-state index contributed by atoms with van der Waals surface area (Å²) in [4.78, 5) is 12.8. The van der Waals surface area contributed by atoms with E-state index < -0.39 is 0 Å². The fourth-order valence-electron chi connectivity index (χ4n) is 2.43. The molecule has 0 bridgehead atoms. The number of halogens is 1. The van der Waals surface area contributed by atoms with E-state index in [4.69, 9.17) is 21.1 Å². The molecule has 3 rings (SSSR count). The van der Waals surface area contributed by atoms with Crippen LogP contribution >= 0.6 is 11.6 Å². The van der Waals surface area contributed by atoms with Gasteiger partial charge in [-0.1, -0.05) is 17.7 Å². The lowest BCUT2D eigenvalue weighted by atomic mass is 9.96. The maximum Gasteiger partial charge on any atom is 0.197 e. The molecule has 0 radical (unpaired) electrons. The predicted molar refractivity (Wildman–Crippen MR) is 86.0 cm³/mol. The third kappa shape index (κ3) is 3.32. The molecular weight excluding hydrogens is 300 g/mol. The Morgan fingerprint density at radius 2 is 1.95 bits per heavy atom. The van der Waals surface area contributed by atoms with Crippen LogP contribution in [0.25, 0.3) is 0 Å². The Hall–Kier alpha value is -1.84. The highest BCUT2D eigenvalue weighted by Crippen LogP contribution is 2.28. The molecule has 22 heavy (non-hydrogen) atoms.